The van der Waals surface area contributed by atoms with Crippen molar-refractivity contribution in [3.8, 4) is 6.07 Å². The minimum absolute atomic E-state index is 0.0208. The van der Waals surface area contributed by atoms with Gasteiger partial charge in [0.1, 0.15) is 11.6 Å². The molecule has 2 aromatic rings. The van der Waals surface area contributed by atoms with Crippen molar-refractivity contribution in [2.24, 2.45) is 0 Å². The van der Waals surface area contributed by atoms with E-state index in [1.165, 1.54) is 12.1 Å². The van der Waals surface area contributed by atoms with Gasteiger partial charge in [-0.2, -0.15) is 5.26 Å². The predicted molar refractivity (Wildman–Crippen MR) is 95.9 cm³/mol. The molecule has 0 aliphatic carbocycles. The molecule has 2 aromatic carbocycles. The van der Waals surface area contributed by atoms with Crippen LogP contribution in [0.3, 0.4) is 0 Å². The smallest absolute Gasteiger partial charge is 0.273 e. The summed E-state index contributed by atoms with van der Waals surface area (Å²) in [4.78, 5) is 22.9. The SMILES string of the molecule is CCc1ccc(/C=C(/C#N)C(=O)Nc2ccc(C)cc2)cc1[N+](=O)[O-]. The van der Waals surface area contributed by atoms with Crippen molar-refractivity contribution in [3.05, 3.63) is 74.8 Å². The lowest BCUT2D eigenvalue weighted by Crippen LogP contribution is -2.13. The van der Waals surface area contributed by atoms with Crippen LogP contribution < -0.4 is 5.32 Å². The summed E-state index contributed by atoms with van der Waals surface area (Å²) in [6, 6.07) is 13.7. The van der Waals surface area contributed by atoms with Gasteiger partial charge < -0.3 is 5.32 Å². The van der Waals surface area contributed by atoms with Crippen LogP contribution in [-0.4, -0.2) is 10.8 Å². The summed E-state index contributed by atoms with van der Waals surface area (Å²) >= 11 is 0. The first-order valence-corrected chi connectivity index (χ1v) is 7.71. The van der Waals surface area contributed by atoms with Gasteiger partial charge in [-0.25, -0.2) is 0 Å². The van der Waals surface area contributed by atoms with Gasteiger partial charge in [-0.3, -0.25) is 14.9 Å². The first-order valence-electron chi connectivity index (χ1n) is 7.71. The number of carbonyl (C=O) groups is 1. The summed E-state index contributed by atoms with van der Waals surface area (Å²) in [5.74, 6) is -0.562. The fourth-order valence-electron chi connectivity index (χ4n) is 2.29. The topological polar surface area (TPSA) is 96.0 Å². The maximum absolute atomic E-state index is 12.2. The standard InChI is InChI=1S/C19H17N3O3/c1-3-15-7-6-14(11-18(15)22(24)25)10-16(12-20)19(23)21-17-8-4-13(2)5-9-17/h4-11H,3H2,1-2H3,(H,21,23)/b16-10-. The largest absolute Gasteiger partial charge is 0.321 e. The van der Waals surface area contributed by atoms with E-state index in [0.717, 1.165) is 5.56 Å². The number of rotatable bonds is 5. The van der Waals surface area contributed by atoms with Crippen molar-refractivity contribution >= 4 is 23.4 Å². The average Bonchev–Trinajstić information content (AvgIpc) is 2.61. The summed E-state index contributed by atoms with van der Waals surface area (Å²) < 4.78 is 0. The number of aryl methyl sites for hydroxylation is 2. The minimum Gasteiger partial charge on any atom is -0.321 e. The molecule has 0 aliphatic rings. The molecule has 0 radical (unpaired) electrons. The number of nitro groups is 1. The third-order valence-electron chi connectivity index (χ3n) is 3.67. The van der Waals surface area contributed by atoms with Crippen LogP contribution in [0, 0.1) is 28.4 Å². The molecule has 0 bridgehead atoms. The number of carbonyl (C=O) groups excluding carboxylic acids is 1. The Morgan fingerprint density at radius 3 is 2.52 bits per heavy atom. The van der Waals surface area contributed by atoms with Crippen LogP contribution >= 0.6 is 0 Å². The van der Waals surface area contributed by atoms with Crippen LogP contribution in [0.15, 0.2) is 48.0 Å². The van der Waals surface area contributed by atoms with E-state index in [-0.39, 0.29) is 11.3 Å². The lowest BCUT2D eigenvalue weighted by atomic mass is 10.0. The molecule has 2 rings (SSSR count). The lowest BCUT2D eigenvalue weighted by molar-refractivity contribution is -0.385. The molecular formula is C19H17N3O3. The molecule has 126 valence electrons. The highest BCUT2D eigenvalue weighted by atomic mass is 16.6. The second-order valence-electron chi connectivity index (χ2n) is 5.49. The van der Waals surface area contributed by atoms with E-state index >= 15 is 0 Å². The van der Waals surface area contributed by atoms with Crippen molar-refractivity contribution < 1.29 is 9.72 Å². The van der Waals surface area contributed by atoms with Gasteiger partial charge in [0.25, 0.3) is 11.6 Å². The fourth-order valence-corrected chi connectivity index (χ4v) is 2.29. The molecule has 0 aromatic heterocycles. The van der Waals surface area contributed by atoms with Gasteiger partial charge in [0.15, 0.2) is 0 Å². The zero-order valence-corrected chi connectivity index (χ0v) is 13.9. The van der Waals surface area contributed by atoms with E-state index in [1.54, 1.807) is 24.3 Å². The third kappa shape index (κ3) is 4.52. The van der Waals surface area contributed by atoms with Crippen LogP contribution in [0.4, 0.5) is 11.4 Å². The number of hydrogen-bond donors (Lipinski definition) is 1. The molecule has 6 nitrogen and oxygen atoms in total. The van der Waals surface area contributed by atoms with E-state index in [0.29, 0.717) is 23.2 Å². The molecule has 0 unspecified atom stereocenters. The van der Waals surface area contributed by atoms with Gasteiger partial charge in [-0.1, -0.05) is 36.8 Å². The fraction of sp³-hybridized carbons (Fsp3) is 0.158. The van der Waals surface area contributed by atoms with Crippen molar-refractivity contribution in [1.29, 1.82) is 5.26 Å². The van der Waals surface area contributed by atoms with E-state index < -0.39 is 10.8 Å². The van der Waals surface area contributed by atoms with Gasteiger partial charge >= 0.3 is 0 Å². The molecule has 0 aliphatic heterocycles. The summed E-state index contributed by atoms with van der Waals surface area (Å²) in [5, 5.41) is 23.0. The van der Waals surface area contributed by atoms with Crippen molar-refractivity contribution in [3.63, 3.8) is 0 Å². The Balaban J connectivity index is 2.29. The Bertz CT molecular complexity index is 878. The van der Waals surface area contributed by atoms with Gasteiger partial charge in [0.2, 0.25) is 0 Å². The second kappa shape index (κ2) is 7.88. The molecule has 1 N–H and O–H groups in total. The minimum atomic E-state index is -0.562. The zero-order chi connectivity index (χ0) is 18.4. The van der Waals surface area contributed by atoms with Crippen LogP contribution in [0.25, 0.3) is 6.08 Å². The quantitative estimate of drug-likeness (QED) is 0.386. The molecule has 25 heavy (non-hydrogen) atoms. The van der Waals surface area contributed by atoms with Crippen LogP contribution in [0.5, 0.6) is 0 Å². The van der Waals surface area contributed by atoms with E-state index in [9.17, 15) is 20.2 Å². The molecule has 0 atom stereocenters. The number of amides is 1. The number of anilines is 1. The zero-order valence-electron chi connectivity index (χ0n) is 13.9. The molecule has 6 heteroatoms. The maximum atomic E-state index is 12.2. The van der Waals surface area contributed by atoms with Crippen LogP contribution in [-0.2, 0) is 11.2 Å². The number of nitrogens with one attached hydrogen (secondary N) is 1. The highest BCUT2D eigenvalue weighted by Crippen LogP contribution is 2.22. The van der Waals surface area contributed by atoms with Crippen LogP contribution in [0.1, 0.15) is 23.6 Å². The number of nitriles is 1. The van der Waals surface area contributed by atoms with Crippen molar-refractivity contribution in [2.45, 2.75) is 20.3 Å². The highest BCUT2D eigenvalue weighted by molar-refractivity contribution is 6.09. The predicted octanol–water partition coefficient (Wildman–Crippen LogP) is 4.01. The summed E-state index contributed by atoms with van der Waals surface area (Å²) in [6.45, 7) is 3.76. The molecule has 1 amide bonds. The second-order valence-corrected chi connectivity index (χ2v) is 5.49. The first-order chi connectivity index (χ1) is 11.9. The monoisotopic (exact) mass is 335 g/mol. The Kier molecular flexibility index (Phi) is 5.64. The molecule has 0 spiro atoms. The number of benzene rings is 2. The Hall–Kier alpha value is -3.46. The number of hydrogen-bond acceptors (Lipinski definition) is 4. The molecule has 0 heterocycles. The van der Waals surface area contributed by atoms with E-state index in [2.05, 4.69) is 5.32 Å². The highest BCUT2D eigenvalue weighted by Gasteiger charge is 2.14. The van der Waals surface area contributed by atoms with Gasteiger partial charge in [0, 0.05) is 17.3 Å². The molecule has 0 fully saturated rings. The Morgan fingerprint density at radius 2 is 1.96 bits per heavy atom. The summed E-state index contributed by atoms with van der Waals surface area (Å²) in [7, 11) is 0. The van der Waals surface area contributed by atoms with Crippen molar-refractivity contribution in [1.82, 2.24) is 0 Å². The number of nitro benzene ring substituents is 1. The Labute approximate surface area is 145 Å². The van der Waals surface area contributed by atoms with Gasteiger partial charge in [-0.05, 0) is 37.1 Å². The van der Waals surface area contributed by atoms with E-state index in [4.69, 9.17) is 0 Å². The molecule has 0 saturated heterocycles. The lowest BCUT2D eigenvalue weighted by Gasteiger charge is -2.05. The number of nitrogens with zero attached hydrogens (tertiary/aromatic N) is 2. The first kappa shape index (κ1) is 17.9. The van der Waals surface area contributed by atoms with Crippen molar-refractivity contribution in [2.75, 3.05) is 5.32 Å². The van der Waals surface area contributed by atoms with Gasteiger partial charge in [-0.15, -0.1) is 0 Å². The molecule has 0 saturated carbocycles. The third-order valence-corrected chi connectivity index (χ3v) is 3.67. The van der Waals surface area contributed by atoms with Gasteiger partial charge in [0.05, 0.1) is 4.92 Å². The Morgan fingerprint density at radius 1 is 1.28 bits per heavy atom. The van der Waals surface area contributed by atoms with Crippen LogP contribution in [0.2, 0.25) is 0 Å². The summed E-state index contributed by atoms with van der Waals surface area (Å²) in [5.41, 5.74) is 2.51. The average molecular weight is 335 g/mol. The normalized spacial score (nSPS) is 10.8. The molecular weight excluding hydrogens is 318 g/mol. The maximum Gasteiger partial charge on any atom is 0.273 e. The summed E-state index contributed by atoms with van der Waals surface area (Å²) in [6.07, 6.45) is 1.87. The van der Waals surface area contributed by atoms with E-state index in [1.807, 2.05) is 32.0 Å².